The minimum Gasteiger partial charge on any atom is -0.300 e. The Morgan fingerprint density at radius 1 is 0.850 bits per heavy atom. The zero-order valence-electron chi connectivity index (χ0n) is 12.4. The van der Waals surface area contributed by atoms with Gasteiger partial charge >= 0.3 is 0 Å². The van der Waals surface area contributed by atoms with Crippen LogP contribution >= 0.6 is 0 Å². The molecule has 3 heteroatoms. The van der Waals surface area contributed by atoms with Crippen LogP contribution < -0.4 is 0 Å². The Morgan fingerprint density at radius 2 is 1.35 bits per heavy atom. The van der Waals surface area contributed by atoms with Gasteiger partial charge in [-0.2, -0.15) is 0 Å². The molecule has 0 saturated heterocycles. The van der Waals surface area contributed by atoms with E-state index in [1.165, 1.54) is 0 Å². The first-order valence-corrected chi connectivity index (χ1v) is 7.29. The molecular formula is C17H23N3. The molecule has 0 N–H and O–H groups in total. The summed E-state index contributed by atoms with van der Waals surface area (Å²) in [6.07, 6.45) is 5.73. The van der Waals surface area contributed by atoms with E-state index in [1.807, 2.05) is 24.5 Å². The van der Waals surface area contributed by atoms with Crippen LogP contribution in [0, 0.1) is 0 Å². The molecule has 0 spiro atoms. The molecule has 0 aliphatic rings. The van der Waals surface area contributed by atoms with Crippen LogP contribution in [0.25, 0.3) is 0 Å². The highest BCUT2D eigenvalue weighted by Crippen LogP contribution is 2.05. The third-order valence-corrected chi connectivity index (χ3v) is 3.49. The summed E-state index contributed by atoms with van der Waals surface area (Å²) in [6.45, 7) is 6.58. The summed E-state index contributed by atoms with van der Waals surface area (Å²) in [5.74, 6) is 0. The lowest BCUT2D eigenvalue weighted by Crippen LogP contribution is -2.34. The third-order valence-electron chi connectivity index (χ3n) is 3.49. The van der Waals surface area contributed by atoms with Crippen LogP contribution in [0.15, 0.2) is 48.8 Å². The van der Waals surface area contributed by atoms with Crippen LogP contribution in [-0.4, -0.2) is 34.0 Å². The highest BCUT2D eigenvalue weighted by Gasteiger charge is 2.10. The van der Waals surface area contributed by atoms with Gasteiger partial charge in [-0.25, -0.2) is 0 Å². The Bertz CT molecular complexity index is 439. The predicted molar refractivity (Wildman–Crippen MR) is 82.6 cm³/mol. The van der Waals surface area contributed by atoms with E-state index in [2.05, 4.69) is 53.0 Å². The minimum absolute atomic E-state index is 0.544. The summed E-state index contributed by atoms with van der Waals surface area (Å²) in [6, 6.07) is 12.8. The van der Waals surface area contributed by atoms with Gasteiger partial charge in [-0.3, -0.25) is 9.97 Å². The lowest BCUT2D eigenvalue weighted by Gasteiger charge is -2.26. The van der Waals surface area contributed by atoms with E-state index >= 15 is 0 Å². The van der Waals surface area contributed by atoms with E-state index in [1.54, 1.807) is 0 Å². The highest BCUT2D eigenvalue weighted by molar-refractivity contribution is 5.05. The van der Waals surface area contributed by atoms with Crippen LogP contribution in [0.4, 0.5) is 0 Å². The van der Waals surface area contributed by atoms with E-state index in [4.69, 9.17) is 0 Å². The Labute approximate surface area is 121 Å². The first-order valence-electron chi connectivity index (χ1n) is 7.29. The summed E-state index contributed by atoms with van der Waals surface area (Å²) in [5.41, 5.74) is 2.33. The quantitative estimate of drug-likeness (QED) is 0.774. The minimum atomic E-state index is 0.544. The second-order valence-electron chi connectivity index (χ2n) is 5.27. The summed E-state index contributed by atoms with van der Waals surface area (Å²) in [5, 5.41) is 0. The standard InChI is InChI=1S/C17H23N3/c1-15(2)20(13-9-16-7-3-5-11-18-16)14-10-17-8-4-6-12-19-17/h3-8,11-12,15H,9-10,13-14H2,1-2H3. The van der Waals surface area contributed by atoms with Crippen LogP contribution in [0.2, 0.25) is 0 Å². The molecule has 0 unspecified atom stereocenters. The Balaban J connectivity index is 1.84. The smallest absolute Gasteiger partial charge is 0.0416 e. The molecule has 0 aliphatic carbocycles. The van der Waals surface area contributed by atoms with E-state index < -0.39 is 0 Å². The Morgan fingerprint density at radius 3 is 1.70 bits per heavy atom. The zero-order valence-corrected chi connectivity index (χ0v) is 12.4. The van der Waals surface area contributed by atoms with Gasteiger partial charge in [0, 0.05) is 55.8 Å². The number of pyridine rings is 2. The van der Waals surface area contributed by atoms with Crippen molar-refractivity contribution >= 4 is 0 Å². The fraction of sp³-hybridized carbons (Fsp3) is 0.412. The molecule has 2 heterocycles. The topological polar surface area (TPSA) is 29.0 Å². The molecule has 0 aliphatic heterocycles. The van der Waals surface area contributed by atoms with Crippen LogP contribution in [0.3, 0.4) is 0 Å². The van der Waals surface area contributed by atoms with E-state index in [-0.39, 0.29) is 0 Å². The normalized spacial score (nSPS) is 11.2. The zero-order chi connectivity index (χ0) is 14.2. The van der Waals surface area contributed by atoms with Crippen LogP contribution in [0.5, 0.6) is 0 Å². The van der Waals surface area contributed by atoms with Gasteiger partial charge in [-0.1, -0.05) is 12.1 Å². The van der Waals surface area contributed by atoms with E-state index in [0.29, 0.717) is 6.04 Å². The molecule has 2 rings (SSSR count). The maximum atomic E-state index is 4.39. The SMILES string of the molecule is CC(C)N(CCc1ccccn1)CCc1ccccn1. The molecular weight excluding hydrogens is 246 g/mol. The van der Waals surface area contributed by atoms with E-state index in [0.717, 1.165) is 37.3 Å². The predicted octanol–water partition coefficient (Wildman–Crippen LogP) is 2.97. The van der Waals surface area contributed by atoms with Crippen molar-refractivity contribution in [3.05, 3.63) is 60.2 Å². The first kappa shape index (κ1) is 14.7. The van der Waals surface area contributed by atoms with Gasteiger partial charge in [0.05, 0.1) is 0 Å². The summed E-state index contributed by atoms with van der Waals surface area (Å²) in [4.78, 5) is 11.3. The van der Waals surface area contributed by atoms with Crippen LogP contribution in [-0.2, 0) is 12.8 Å². The maximum absolute atomic E-state index is 4.39. The van der Waals surface area contributed by atoms with Crippen molar-refractivity contribution in [2.24, 2.45) is 0 Å². The number of hydrogen-bond donors (Lipinski definition) is 0. The lowest BCUT2D eigenvalue weighted by molar-refractivity contribution is 0.226. The van der Waals surface area contributed by atoms with Gasteiger partial charge in [-0.15, -0.1) is 0 Å². The second-order valence-corrected chi connectivity index (χ2v) is 5.27. The molecule has 0 fully saturated rings. The van der Waals surface area contributed by atoms with Gasteiger partial charge in [-0.05, 0) is 38.1 Å². The van der Waals surface area contributed by atoms with Gasteiger partial charge in [0.1, 0.15) is 0 Å². The van der Waals surface area contributed by atoms with Crippen molar-refractivity contribution in [1.82, 2.24) is 14.9 Å². The van der Waals surface area contributed by atoms with Gasteiger partial charge in [0.2, 0.25) is 0 Å². The second kappa shape index (κ2) is 7.75. The fourth-order valence-corrected chi connectivity index (χ4v) is 2.24. The molecule has 20 heavy (non-hydrogen) atoms. The van der Waals surface area contributed by atoms with Crippen molar-refractivity contribution in [1.29, 1.82) is 0 Å². The number of aromatic nitrogens is 2. The molecule has 2 aromatic heterocycles. The average Bonchev–Trinajstić information content (AvgIpc) is 2.49. The first-order chi connectivity index (χ1) is 9.75. The number of rotatable bonds is 7. The molecule has 0 bridgehead atoms. The number of nitrogens with zero attached hydrogens (tertiary/aromatic N) is 3. The molecule has 0 saturated carbocycles. The molecule has 106 valence electrons. The van der Waals surface area contributed by atoms with Crippen molar-refractivity contribution in [2.75, 3.05) is 13.1 Å². The van der Waals surface area contributed by atoms with Crippen molar-refractivity contribution < 1.29 is 0 Å². The van der Waals surface area contributed by atoms with Crippen LogP contribution in [0.1, 0.15) is 25.2 Å². The molecule has 2 aromatic rings. The summed E-state index contributed by atoms with van der Waals surface area (Å²) < 4.78 is 0. The van der Waals surface area contributed by atoms with Gasteiger partial charge < -0.3 is 4.90 Å². The molecule has 0 atom stereocenters. The summed E-state index contributed by atoms with van der Waals surface area (Å²) in [7, 11) is 0. The average molecular weight is 269 g/mol. The monoisotopic (exact) mass is 269 g/mol. The molecule has 0 radical (unpaired) electrons. The largest absolute Gasteiger partial charge is 0.300 e. The van der Waals surface area contributed by atoms with Gasteiger partial charge in [0.25, 0.3) is 0 Å². The Hall–Kier alpha value is -1.74. The van der Waals surface area contributed by atoms with Crippen molar-refractivity contribution in [3.8, 4) is 0 Å². The third kappa shape index (κ3) is 4.74. The molecule has 0 amide bonds. The maximum Gasteiger partial charge on any atom is 0.0416 e. The highest BCUT2D eigenvalue weighted by atomic mass is 15.1. The molecule has 0 aromatic carbocycles. The van der Waals surface area contributed by atoms with Crippen molar-refractivity contribution in [2.45, 2.75) is 32.7 Å². The lowest BCUT2D eigenvalue weighted by atomic mass is 10.2. The van der Waals surface area contributed by atoms with Gasteiger partial charge in [0.15, 0.2) is 0 Å². The fourth-order valence-electron chi connectivity index (χ4n) is 2.24. The Kier molecular flexibility index (Phi) is 5.69. The van der Waals surface area contributed by atoms with Crippen molar-refractivity contribution in [3.63, 3.8) is 0 Å². The van der Waals surface area contributed by atoms with E-state index in [9.17, 15) is 0 Å². The summed E-state index contributed by atoms with van der Waals surface area (Å²) >= 11 is 0. The number of hydrogen-bond acceptors (Lipinski definition) is 3. The molecule has 3 nitrogen and oxygen atoms in total.